The normalized spacial score (nSPS) is 20.4. The van der Waals surface area contributed by atoms with Crippen LogP contribution >= 0.6 is 15.9 Å². The van der Waals surface area contributed by atoms with Crippen LogP contribution in [0.1, 0.15) is 35.7 Å². The van der Waals surface area contributed by atoms with Crippen LogP contribution in [-0.4, -0.2) is 23.9 Å². The number of nitrogens with zero attached hydrogens (tertiary/aromatic N) is 1. The fourth-order valence-corrected chi connectivity index (χ4v) is 2.67. The summed E-state index contributed by atoms with van der Waals surface area (Å²) in [6.07, 6.45) is 2.37. The first-order chi connectivity index (χ1) is 8.20. The maximum Gasteiger partial charge on any atom is 0.253 e. The smallest absolute Gasteiger partial charge is 0.253 e. The lowest BCUT2D eigenvalue weighted by molar-refractivity contribution is 0.0683. The van der Waals surface area contributed by atoms with Gasteiger partial charge in [-0.25, -0.2) is 0 Å². The van der Waals surface area contributed by atoms with Crippen LogP contribution in [0.2, 0.25) is 0 Å². The number of piperidine rings is 1. The Hall–Kier alpha value is -0.830. The third-order valence-corrected chi connectivity index (χ3v) is 3.95. The molecule has 1 saturated heterocycles. The van der Waals surface area contributed by atoms with Gasteiger partial charge in [-0.3, -0.25) is 4.79 Å². The van der Waals surface area contributed by atoms with Crippen molar-refractivity contribution in [3.05, 3.63) is 35.4 Å². The van der Waals surface area contributed by atoms with Crippen LogP contribution in [0.15, 0.2) is 24.3 Å². The molecule has 0 N–H and O–H groups in total. The van der Waals surface area contributed by atoms with E-state index in [2.05, 4.69) is 22.9 Å². The molecule has 1 aromatic carbocycles. The molecule has 2 rings (SSSR count). The lowest BCUT2D eigenvalue weighted by Gasteiger charge is -2.31. The number of carbonyl (C=O) groups is 1. The molecule has 3 heteroatoms. The van der Waals surface area contributed by atoms with E-state index in [-0.39, 0.29) is 5.91 Å². The second kappa shape index (κ2) is 5.67. The predicted octanol–water partition coefficient (Wildman–Crippen LogP) is 3.45. The van der Waals surface area contributed by atoms with Crippen LogP contribution in [-0.2, 0) is 5.33 Å². The van der Waals surface area contributed by atoms with Gasteiger partial charge in [-0.15, -0.1) is 0 Å². The van der Waals surface area contributed by atoms with Crippen molar-refractivity contribution in [2.45, 2.75) is 25.1 Å². The van der Waals surface area contributed by atoms with E-state index in [0.717, 1.165) is 30.4 Å². The van der Waals surface area contributed by atoms with Crippen molar-refractivity contribution < 1.29 is 4.79 Å². The lowest BCUT2D eigenvalue weighted by Crippen LogP contribution is -2.39. The topological polar surface area (TPSA) is 20.3 Å². The molecule has 1 amide bonds. The Morgan fingerprint density at radius 3 is 2.71 bits per heavy atom. The molecular formula is C14H18BrNO. The number of carbonyl (C=O) groups excluding carboxylic acids is 1. The van der Waals surface area contributed by atoms with Crippen molar-refractivity contribution in [3.63, 3.8) is 0 Å². The maximum atomic E-state index is 12.3. The average Bonchev–Trinajstić information content (AvgIpc) is 2.38. The third kappa shape index (κ3) is 3.09. The molecule has 2 nitrogen and oxygen atoms in total. The first-order valence-corrected chi connectivity index (χ1v) is 7.27. The summed E-state index contributed by atoms with van der Waals surface area (Å²) in [4.78, 5) is 14.2. The second-order valence-corrected chi connectivity index (χ2v) is 5.39. The molecule has 0 bridgehead atoms. The average molecular weight is 296 g/mol. The third-order valence-electron chi connectivity index (χ3n) is 3.30. The van der Waals surface area contributed by atoms with Gasteiger partial charge in [0.05, 0.1) is 0 Å². The molecule has 0 saturated carbocycles. The van der Waals surface area contributed by atoms with Gasteiger partial charge in [0, 0.05) is 24.0 Å². The number of rotatable bonds is 2. The van der Waals surface area contributed by atoms with E-state index in [1.165, 1.54) is 12.0 Å². The van der Waals surface area contributed by atoms with Crippen molar-refractivity contribution in [3.8, 4) is 0 Å². The minimum atomic E-state index is 0.178. The molecule has 1 unspecified atom stereocenters. The number of amides is 1. The number of alkyl halides is 1. The minimum Gasteiger partial charge on any atom is -0.338 e. The fourth-order valence-electron chi connectivity index (χ4n) is 2.29. The summed E-state index contributed by atoms with van der Waals surface area (Å²) in [6, 6.07) is 7.88. The molecule has 1 fully saturated rings. The fraction of sp³-hybridized carbons (Fsp3) is 0.500. The highest BCUT2D eigenvalue weighted by molar-refractivity contribution is 9.08. The summed E-state index contributed by atoms with van der Waals surface area (Å²) in [5, 5.41) is 0.836. The van der Waals surface area contributed by atoms with Crippen LogP contribution < -0.4 is 0 Å². The molecule has 17 heavy (non-hydrogen) atoms. The number of benzene rings is 1. The van der Waals surface area contributed by atoms with Gasteiger partial charge in [-0.2, -0.15) is 0 Å². The highest BCUT2D eigenvalue weighted by Crippen LogP contribution is 2.18. The van der Waals surface area contributed by atoms with Crippen molar-refractivity contribution in [1.29, 1.82) is 0 Å². The molecule has 0 aliphatic carbocycles. The van der Waals surface area contributed by atoms with Crippen molar-refractivity contribution in [1.82, 2.24) is 4.90 Å². The Morgan fingerprint density at radius 1 is 1.41 bits per heavy atom. The van der Waals surface area contributed by atoms with E-state index in [9.17, 15) is 4.79 Å². The standard InChI is InChI=1S/C14H18BrNO/c1-11-3-2-8-16(10-11)14(17)13-6-4-12(9-15)5-7-13/h4-7,11H,2-3,8-10H2,1H3. The Kier molecular flexibility index (Phi) is 4.21. The van der Waals surface area contributed by atoms with Crippen LogP contribution in [0, 0.1) is 5.92 Å². The van der Waals surface area contributed by atoms with Gasteiger partial charge in [-0.1, -0.05) is 35.0 Å². The van der Waals surface area contributed by atoms with E-state index in [1.807, 2.05) is 29.2 Å². The Balaban J connectivity index is 2.07. The molecule has 1 atom stereocenters. The maximum absolute atomic E-state index is 12.3. The molecule has 0 radical (unpaired) electrons. The zero-order valence-electron chi connectivity index (χ0n) is 10.2. The van der Waals surface area contributed by atoms with E-state index < -0.39 is 0 Å². The van der Waals surface area contributed by atoms with Gasteiger partial charge in [0.25, 0.3) is 5.91 Å². The largest absolute Gasteiger partial charge is 0.338 e. The Labute approximate surface area is 111 Å². The summed E-state index contributed by atoms with van der Waals surface area (Å²) >= 11 is 3.41. The minimum absolute atomic E-state index is 0.178. The molecule has 1 heterocycles. The Bertz CT molecular complexity index is 388. The number of halogens is 1. The van der Waals surface area contributed by atoms with Gasteiger partial charge in [0.2, 0.25) is 0 Å². The van der Waals surface area contributed by atoms with Crippen molar-refractivity contribution in [2.75, 3.05) is 13.1 Å². The number of hydrogen-bond donors (Lipinski definition) is 0. The van der Waals surface area contributed by atoms with Gasteiger partial charge in [0.1, 0.15) is 0 Å². The summed E-state index contributed by atoms with van der Waals surface area (Å²) in [6.45, 7) is 4.02. The highest BCUT2D eigenvalue weighted by Gasteiger charge is 2.21. The van der Waals surface area contributed by atoms with Gasteiger partial charge >= 0.3 is 0 Å². The quantitative estimate of drug-likeness (QED) is 0.765. The SMILES string of the molecule is CC1CCCN(C(=O)c2ccc(CBr)cc2)C1. The molecule has 0 spiro atoms. The highest BCUT2D eigenvalue weighted by atomic mass is 79.9. The molecular weight excluding hydrogens is 278 g/mol. The molecule has 0 aromatic heterocycles. The van der Waals surface area contributed by atoms with Crippen LogP contribution in [0.4, 0.5) is 0 Å². The first kappa shape index (κ1) is 12.6. The van der Waals surface area contributed by atoms with E-state index in [4.69, 9.17) is 0 Å². The Morgan fingerprint density at radius 2 is 2.12 bits per heavy atom. The summed E-state index contributed by atoms with van der Waals surface area (Å²) in [7, 11) is 0. The van der Waals surface area contributed by atoms with Gasteiger partial charge < -0.3 is 4.90 Å². The van der Waals surface area contributed by atoms with Crippen molar-refractivity contribution in [2.24, 2.45) is 5.92 Å². The monoisotopic (exact) mass is 295 g/mol. The summed E-state index contributed by atoms with van der Waals surface area (Å²) in [5.41, 5.74) is 2.01. The molecule has 1 aromatic rings. The summed E-state index contributed by atoms with van der Waals surface area (Å²) in [5.74, 6) is 0.812. The van der Waals surface area contributed by atoms with Gasteiger partial charge in [0.15, 0.2) is 0 Å². The van der Waals surface area contributed by atoms with E-state index in [1.54, 1.807) is 0 Å². The summed E-state index contributed by atoms with van der Waals surface area (Å²) < 4.78 is 0. The van der Waals surface area contributed by atoms with E-state index >= 15 is 0 Å². The number of likely N-dealkylation sites (tertiary alicyclic amines) is 1. The van der Waals surface area contributed by atoms with Crippen LogP contribution in [0.3, 0.4) is 0 Å². The van der Waals surface area contributed by atoms with Crippen LogP contribution in [0.25, 0.3) is 0 Å². The molecule has 1 aliphatic rings. The predicted molar refractivity (Wildman–Crippen MR) is 73.4 cm³/mol. The second-order valence-electron chi connectivity index (χ2n) is 4.83. The lowest BCUT2D eigenvalue weighted by atomic mass is 9.99. The molecule has 92 valence electrons. The molecule has 1 aliphatic heterocycles. The van der Waals surface area contributed by atoms with Crippen molar-refractivity contribution >= 4 is 21.8 Å². The zero-order chi connectivity index (χ0) is 12.3. The first-order valence-electron chi connectivity index (χ1n) is 6.15. The number of hydrogen-bond acceptors (Lipinski definition) is 1. The van der Waals surface area contributed by atoms with E-state index in [0.29, 0.717) is 5.92 Å². The van der Waals surface area contributed by atoms with Gasteiger partial charge in [-0.05, 0) is 36.5 Å². The van der Waals surface area contributed by atoms with Crippen LogP contribution in [0.5, 0.6) is 0 Å². The zero-order valence-corrected chi connectivity index (χ0v) is 11.7.